The van der Waals surface area contributed by atoms with Crippen LogP contribution in [0.25, 0.3) is 0 Å². The molecule has 29 heavy (non-hydrogen) atoms. The first kappa shape index (κ1) is 22.8. The highest BCUT2D eigenvalue weighted by Crippen LogP contribution is 2.34. The number of benzene rings is 3. The van der Waals surface area contributed by atoms with E-state index in [4.69, 9.17) is 15.2 Å². The molecule has 4 heteroatoms. The first-order valence-electron chi connectivity index (χ1n) is 9.85. The van der Waals surface area contributed by atoms with Crippen LogP contribution >= 0.6 is 12.4 Å². The second-order valence-corrected chi connectivity index (χ2v) is 7.34. The quantitative estimate of drug-likeness (QED) is 0.472. The summed E-state index contributed by atoms with van der Waals surface area (Å²) in [5.41, 5.74) is 9.46. The minimum Gasteiger partial charge on any atom is -0.485 e. The Labute approximate surface area is 180 Å². The summed E-state index contributed by atoms with van der Waals surface area (Å²) in [6, 6.07) is 26.5. The van der Waals surface area contributed by atoms with Gasteiger partial charge in [-0.15, -0.1) is 12.4 Å². The molecule has 3 aromatic carbocycles. The lowest BCUT2D eigenvalue weighted by molar-refractivity contribution is 0.255. The van der Waals surface area contributed by atoms with E-state index in [1.165, 1.54) is 5.56 Å². The summed E-state index contributed by atoms with van der Waals surface area (Å²) in [6.45, 7) is 6.01. The van der Waals surface area contributed by atoms with Gasteiger partial charge in [-0.1, -0.05) is 80.6 Å². The van der Waals surface area contributed by atoms with Gasteiger partial charge >= 0.3 is 0 Å². The van der Waals surface area contributed by atoms with E-state index < -0.39 is 0 Å². The molecule has 2 N–H and O–H groups in total. The molecule has 3 rings (SSSR count). The molecule has 0 radical (unpaired) electrons. The Morgan fingerprint density at radius 2 is 1.24 bits per heavy atom. The molecule has 0 heterocycles. The van der Waals surface area contributed by atoms with Gasteiger partial charge in [0.2, 0.25) is 0 Å². The van der Waals surface area contributed by atoms with Gasteiger partial charge in [0.25, 0.3) is 0 Å². The van der Waals surface area contributed by atoms with Gasteiger partial charge in [0.05, 0.1) is 0 Å². The van der Waals surface area contributed by atoms with Crippen LogP contribution in [-0.4, -0.2) is 6.54 Å². The fraction of sp³-hybridized carbons (Fsp3) is 0.280. The maximum absolute atomic E-state index is 6.16. The normalized spacial score (nSPS) is 11.6. The molecule has 154 valence electrons. The second kappa shape index (κ2) is 11.5. The van der Waals surface area contributed by atoms with Crippen LogP contribution in [0, 0.1) is 5.92 Å². The van der Waals surface area contributed by atoms with Gasteiger partial charge in [-0.05, 0) is 47.2 Å². The van der Waals surface area contributed by atoms with Gasteiger partial charge in [-0.3, -0.25) is 0 Å². The van der Waals surface area contributed by atoms with Crippen LogP contribution in [0.15, 0.2) is 78.9 Å². The zero-order chi connectivity index (χ0) is 19.8. The summed E-state index contributed by atoms with van der Waals surface area (Å²) in [4.78, 5) is 0. The highest BCUT2D eigenvalue weighted by atomic mass is 35.5. The van der Waals surface area contributed by atoms with Crippen molar-refractivity contribution in [1.29, 1.82) is 0 Å². The average Bonchev–Trinajstić information content (AvgIpc) is 2.73. The third-order valence-electron chi connectivity index (χ3n) is 4.93. The zero-order valence-corrected chi connectivity index (χ0v) is 17.9. The van der Waals surface area contributed by atoms with E-state index in [-0.39, 0.29) is 12.4 Å². The summed E-state index contributed by atoms with van der Waals surface area (Å²) >= 11 is 0. The average molecular weight is 412 g/mol. The number of halogens is 1. The number of hydrogen-bond donors (Lipinski definition) is 1. The molecule has 0 aliphatic carbocycles. The van der Waals surface area contributed by atoms with E-state index >= 15 is 0 Å². The molecule has 0 fully saturated rings. The molecule has 0 amide bonds. The van der Waals surface area contributed by atoms with Gasteiger partial charge in [0.15, 0.2) is 11.5 Å². The molecule has 0 aromatic heterocycles. The van der Waals surface area contributed by atoms with Crippen molar-refractivity contribution >= 4 is 12.4 Å². The molecule has 0 spiro atoms. The smallest absolute Gasteiger partial charge is 0.161 e. The lowest BCUT2D eigenvalue weighted by Crippen LogP contribution is -2.18. The maximum Gasteiger partial charge on any atom is 0.161 e. The molecule has 3 nitrogen and oxygen atoms in total. The van der Waals surface area contributed by atoms with Crippen LogP contribution in [0.3, 0.4) is 0 Å². The fourth-order valence-corrected chi connectivity index (χ4v) is 3.25. The lowest BCUT2D eigenvalue weighted by Gasteiger charge is -2.21. The third-order valence-corrected chi connectivity index (χ3v) is 4.93. The van der Waals surface area contributed by atoms with Crippen molar-refractivity contribution in [3.63, 3.8) is 0 Å². The Balaban J connectivity index is 0.00000300. The maximum atomic E-state index is 6.16. The van der Waals surface area contributed by atoms with Crippen LogP contribution < -0.4 is 15.2 Å². The summed E-state index contributed by atoms with van der Waals surface area (Å²) in [5, 5.41) is 0. The summed E-state index contributed by atoms with van der Waals surface area (Å²) in [6.07, 6.45) is 0. The SMILES string of the molecule is CC(C)C(CN)c1ccc(OCc2ccccc2)c(OCc2ccccc2)c1.Cl. The topological polar surface area (TPSA) is 44.5 Å². The highest BCUT2D eigenvalue weighted by molar-refractivity contribution is 5.85. The Bertz CT molecular complexity index is 853. The van der Waals surface area contributed by atoms with Crippen LogP contribution in [-0.2, 0) is 13.2 Å². The minimum absolute atomic E-state index is 0. The zero-order valence-electron chi connectivity index (χ0n) is 17.1. The molecule has 3 aromatic rings. The lowest BCUT2D eigenvalue weighted by atomic mass is 9.88. The number of hydrogen-bond acceptors (Lipinski definition) is 3. The summed E-state index contributed by atoms with van der Waals surface area (Å²) in [5.74, 6) is 2.27. The number of rotatable bonds is 9. The van der Waals surface area contributed by atoms with Crippen molar-refractivity contribution in [2.45, 2.75) is 33.0 Å². The van der Waals surface area contributed by atoms with Crippen LogP contribution in [0.2, 0.25) is 0 Å². The standard InChI is InChI=1S/C25H29NO2.ClH/c1-19(2)23(16-26)22-13-14-24(27-17-20-9-5-3-6-10-20)25(15-22)28-18-21-11-7-4-8-12-21;/h3-15,19,23H,16-18,26H2,1-2H3;1H. The van der Waals surface area contributed by atoms with Crippen molar-refractivity contribution in [3.8, 4) is 11.5 Å². The van der Waals surface area contributed by atoms with Gasteiger partial charge in [-0.25, -0.2) is 0 Å². The van der Waals surface area contributed by atoms with Crippen molar-refractivity contribution in [3.05, 3.63) is 95.6 Å². The molecule has 0 bridgehead atoms. The van der Waals surface area contributed by atoms with Crippen molar-refractivity contribution in [2.75, 3.05) is 6.54 Å². The van der Waals surface area contributed by atoms with E-state index in [1.807, 2.05) is 42.5 Å². The summed E-state index contributed by atoms with van der Waals surface area (Å²) in [7, 11) is 0. The van der Waals surface area contributed by atoms with Crippen LogP contribution in [0.1, 0.15) is 36.5 Å². The molecule has 1 atom stereocenters. The van der Waals surface area contributed by atoms with Crippen molar-refractivity contribution < 1.29 is 9.47 Å². The van der Waals surface area contributed by atoms with E-state index in [2.05, 4.69) is 50.2 Å². The van der Waals surface area contributed by atoms with E-state index in [0.29, 0.717) is 31.6 Å². The molecular formula is C25H30ClNO2. The second-order valence-electron chi connectivity index (χ2n) is 7.34. The monoisotopic (exact) mass is 411 g/mol. The molecular weight excluding hydrogens is 382 g/mol. The van der Waals surface area contributed by atoms with E-state index in [9.17, 15) is 0 Å². The van der Waals surface area contributed by atoms with E-state index in [1.54, 1.807) is 0 Å². The van der Waals surface area contributed by atoms with Crippen molar-refractivity contribution in [1.82, 2.24) is 0 Å². The van der Waals surface area contributed by atoms with E-state index in [0.717, 1.165) is 22.6 Å². The van der Waals surface area contributed by atoms with Gasteiger partial charge in [-0.2, -0.15) is 0 Å². The summed E-state index contributed by atoms with van der Waals surface area (Å²) < 4.78 is 12.2. The predicted octanol–water partition coefficient (Wildman–Crippen LogP) is 5.96. The molecule has 0 aliphatic rings. The molecule has 0 aliphatic heterocycles. The van der Waals surface area contributed by atoms with Gasteiger partial charge < -0.3 is 15.2 Å². The molecule has 0 saturated carbocycles. The molecule has 0 saturated heterocycles. The number of nitrogens with two attached hydrogens (primary N) is 1. The van der Waals surface area contributed by atoms with Gasteiger partial charge in [0.1, 0.15) is 13.2 Å². The minimum atomic E-state index is 0. The number of ether oxygens (including phenoxy) is 2. The first-order chi connectivity index (χ1) is 13.7. The fourth-order valence-electron chi connectivity index (χ4n) is 3.25. The Hall–Kier alpha value is -2.49. The first-order valence-corrected chi connectivity index (χ1v) is 9.85. The largest absolute Gasteiger partial charge is 0.485 e. The predicted molar refractivity (Wildman–Crippen MR) is 122 cm³/mol. The Kier molecular flexibility index (Phi) is 9.04. The van der Waals surface area contributed by atoms with Crippen LogP contribution in [0.4, 0.5) is 0 Å². The Morgan fingerprint density at radius 3 is 1.72 bits per heavy atom. The highest BCUT2D eigenvalue weighted by Gasteiger charge is 2.17. The third kappa shape index (κ3) is 6.52. The molecule has 1 unspecified atom stereocenters. The van der Waals surface area contributed by atoms with Gasteiger partial charge in [0, 0.05) is 0 Å². The Morgan fingerprint density at radius 1 is 0.724 bits per heavy atom. The van der Waals surface area contributed by atoms with Crippen molar-refractivity contribution in [2.24, 2.45) is 11.7 Å². The van der Waals surface area contributed by atoms with Crippen LogP contribution in [0.5, 0.6) is 11.5 Å².